The number of aliphatic hydroxyl groups is 1. The zero-order valence-corrected chi connectivity index (χ0v) is 11.0. The van der Waals surface area contributed by atoms with Crippen LogP contribution < -0.4 is 0 Å². The topological polar surface area (TPSA) is 33.1 Å². The van der Waals surface area contributed by atoms with Crippen LogP contribution in [0.15, 0.2) is 46.5 Å². The molecule has 0 radical (unpaired) electrons. The summed E-state index contributed by atoms with van der Waals surface area (Å²) in [6.07, 6.45) is 2.73. The second-order valence-corrected chi connectivity index (χ2v) is 5.22. The molecule has 0 fully saturated rings. The Morgan fingerprint density at radius 3 is 2.56 bits per heavy atom. The molecule has 2 rings (SSSR count). The normalized spacial score (nSPS) is 12.4. The largest absolute Gasteiger partial charge is 0.389 e. The van der Waals surface area contributed by atoms with Crippen molar-refractivity contribution in [2.75, 3.05) is 0 Å². The van der Waals surface area contributed by atoms with Crippen LogP contribution >= 0.6 is 11.8 Å². The van der Waals surface area contributed by atoms with Crippen molar-refractivity contribution in [2.24, 2.45) is 0 Å². The molecule has 0 amide bonds. The molecule has 4 heteroatoms. The lowest BCUT2D eigenvalue weighted by atomic mass is 10.1. The van der Waals surface area contributed by atoms with Gasteiger partial charge in [-0.2, -0.15) is 0 Å². The summed E-state index contributed by atoms with van der Waals surface area (Å²) in [4.78, 5) is 5.84. The Balaban J connectivity index is 2.40. The highest BCUT2D eigenvalue weighted by molar-refractivity contribution is 7.99. The Morgan fingerprint density at radius 1 is 1.28 bits per heavy atom. The maximum absolute atomic E-state index is 13.5. The van der Waals surface area contributed by atoms with Gasteiger partial charge in [0, 0.05) is 22.2 Å². The highest BCUT2D eigenvalue weighted by Crippen LogP contribution is 2.34. The van der Waals surface area contributed by atoms with E-state index in [4.69, 9.17) is 0 Å². The molecule has 0 spiro atoms. The van der Waals surface area contributed by atoms with Crippen molar-refractivity contribution in [1.29, 1.82) is 0 Å². The first-order valence-corrected chi connectivity index (χ1v) is 6.45. The van der Waals surface area contributed by atoms with Crippen molar-refractivity contribution >= 4 is 11.8 Å². The number of pyridine rings is 1. The van der Waals surface area contributed by atoms with Gasteiger partial charge in [0.2, 0.25) is 0 Å². The number of aromatic nitrogens is 1. The first kappa shape index (κ1) is 13.1. The molecule has 1 aromatic carbocycles. The van der Waals surface area contributed by atoms with Crippen LogP contribution in [-0.4, -0.2) is 10.1 Å². The number of halogens is 1. The third-order valence-corrected chi connectivity index (χ3v) is 3.70. The summed E-state index contributed by atoms with van der Waals surface area (Å²) in [6.45, 7) is 3.36. The van der Waals surface area contributed by atoms with Gasteiger partial charge in [-0.05, 0) is 49.2 Å². The molecule has 0 unspecified atom stereocenters. The average molecular weight is 263 g/mol. The molecule has 0 bridgehead atoms. The Hall–Kier alpha value is -1.39. The minimum Gasteiger partial charge on any atom is -0.389 e. The standard InChI is InChI=1S/C14H14FNOS/c1-9-7-14(12(10(2)17)8-13(9)15)18-11-3-5-16-6-4-11/h3-8,10,17H,1-2H3/t10-/m1/s1. The van der Waals surface area contributed by atoms with Gasteiger partial charge < -0.3 is 5.11 Å². The summed E-state index contributed by atoms with van der Waals surface area (Å²) < 4.78 is 13.5. The summed E-state index contributed by atoms with van der Waals surface area (Å²) in [6, 6.07) is 6.94. The van der Waals surface area contributed by atoms with Crippen LogP contribution in [0.25, 0.3) is 0 Å². The van der Waals surface area contributed by atoms with Crippen LogP contribution in [0.3, 0.4) is 0 Å². The molecule has 2 aromatic rings. The van der Waals surface area contributed by atoms with Crippen molar-refractivity contribution in [3.05, 3.63) is 53.6 Å². The minimum absolute atomic E-state index is 0.287. The molecule has 1 heterocycles. The number of benzene rings is 1. The number of aliphatic hydroxyl groups excluding tert-OH is 1. The fourth-order valence-electron chi connectivity index (χ4n) is 1.62. The maximum atomic E-state index is 13.5. The Morgan fingerprint density at radius 2 is 1.94 bits per heavy atom. The van der Waals surface area contributed by atoms with Gasteiger partial charge in [-0.15, -0.1) is 0 Å². The minimum atomic E-state index is -0.690. The number of hydrogen-bond acceptors (Lipinski definition) is 3. The third-order valence-electron chi connectivity index (χ3n) is 2.62. The van der Waals surface area contributed by atoms with Crippen molar-refractivity contribution in [2.45, 2.75) is 29.7 Å². The van der Waals surface area contributed by atoms with Gasteiger partial charge in [-0.25, -0.2) is 4.39 Å². The zero-order valence-electron chi connectivity index (χ0n) is 10.2. The lowest BCUT2D eigenvalue weighted by Gasteiger charge is -2.13. The SMILES string of the molecule is Cc1cc(Sc2ccncc2)c([C@@H](C)O)cc1F. The summed E-state index contributed by atoms with van der Waals surface area (Å²) in [7, 11) is 0. The van der Waals surface area contributed by atoms with E-state index in [9.17, 15) is 9.50 Å². The highest BCUT2D eigenvalue weighted by atomic mass is 32.2. The van der Waals surface area contributed by atoms with E-state index in [1.165, 1.54) is 17.8 Å². The first-order chi connectivity index (χ1) is 8.58. The molecule has 1 aromatic heterocycles. The Labute approximate surface area is 110 Å². The number of rotatable bonds is 3. The second-order valence-electron chi connectivity index (χ2n) is 4.10. The van der Waals surface area contributed by atoms with Gasteiger partial charge >= 0.3 is 0 Å². The molecule has 18 heavy (non-hydrogen) atoms. The van der Waals surface area contributed by atoms with Crippen LogP contribution in [0.5, 0.6) is 0 Å². The number of aryl methyl sites for hydroxylation is 1. The van der Waals surface area contributed by atoms with Gasteiger partial charge in [-0.3, -0.25) is 4.98 Å². The van der Waals surface area contributed by atoms with Gasteiger partial charge in [-0.1, -0.05) is 11.8 Å². The van der Waals surface area contributed by atoms with Crippen LogP contribution in [-0.2, 0) is 0 Å². The second kappa shape index (κ2) is 5.50. The van der Waals surface area contributed by atoms with Gasteiger partial charge in [0.05, 0.1) is 6.10 Å². The lowest BCUT2D eigenvalue weighted by Crippen LogP contribution is -1.97. The number of nitrogens with zero attached hydrogens (tertiary/aromatic N) is 1. The molecule has 0 aliphatic heterocycles. The van der Waals surface area contributed by atoms with Crippen LogP contribution in [0.2, 0.25) is 0 Å². The maximum Gasteiger partial charge on any atom is 0.126 e. The molecular formula is C14H14FNOS. The smallest absolute Gasteiger partial charge is 0.126 e. The summed E-state index contributed by atoms with van der Waals surface area (Å²) in [5.74, 6) is -0.287. The average Bonchev–Trinajstić information content (AvgIpc) is 2.34. The predicted molar refractivity (Wildman–Crippen MR) is 70.1 cm³/mol. The first-order valence-electron chi connectivity index (χ1n) is 5.64. The van der Waals surface area contributed by atoms with E-state index in [0.29, 0.717) is 11.1 Å². The summed E-state index contributed by atoms with van der Waals surface area (Å²) >= 11 is 1.50. The molecule has 0 aliphatic carbocycles. The summed E-state index contributed by atoms with van der Waals surface area (Å²) in [5, 5.41) is 9.71. The monoisotopic (exact) mass is 263 g/mol. The predicted octanol–water partition coefficient (Wildman–Crippen LogP) is 3.73. The highest BCUT2D eigenvalue weighted by Gasteiger charge is 2.12. The van der Waals surface area contributed by atoms with Crippen molar-refractivity contribution in [1.82, 2.24) is 4.98 Å². The third kappa shape index (κ3) is 2.89. The Bertz CT molecular complexity index is 543. The molecule has 1 N–H and O–H groups in total. The summed E-state index contributed by atoms with van der Waals surface area (Å²) in [5.41, 5.74) is 1.19. The van der Waals surface area contributed by atoms with Gasteiger partial charge in [0.15, 0.2) is 0 Å². The van der Waals surface area contributed by atoms with Crippen molar-refractivity contribution in [3.8, 4) is 0 Å². The van der Waals surface area contributed by atoms with Gasteiger partial charge in [0.25, 0.3) is 0 Å². The van der Waals surface area contributed by atoms with E-state index in [1.807, 2.05) is 12.1 Å². The van der Waals surface area contributed by atoms with E-state index in [2.05, 4.69) is 4.98 Å². The lowest BCUT2D eigenvalue weighted by molar-refractivity contribution is 0.196. The molecule has 94 valence electrons. The fraction of sp³-hybridized carbons (Fsp3) is 0.214. The number of hydrogen-bond donors (Lipinski definition) is 1. The molecule has 0 saturated carbocycles. The molecule has 0 saturated heterocycles. The van der Waals surface area contributed by atoms with Crippen molar-refractivity contribution < 1.29 is 9.50 Å². The van der Waals surface area contributed by atoms with E-state index in [1.54, 1.807) is 32.3 Å². The fourth-order valence-corrected chi connectivity index (χ4v) is 2.71. The molecule has 0 aliphatic rings. The van der Waals surface area contributed by atoms with Crippen molar-refractivity contribution in [3.63, 3.8) is 0 Å². The van der Waals surface area contributed by atoms with Crippen LogP contribution in [0, 0.1) is 12.7 Å². The zero-order chi connectivity index (χ0) is 13.1. The Kier molecular flexibility index (Phi) is 3.99. The quantitative estimate of drug-likeness (QED) is 0.916. The molecule has 1 atom stereocenters. The van der Waals surface area contributed by atoms with E-state index >= 15 is 0 Å². The van der Waals surface area contributed by atoms with Crippen LogP contribution in [0.4, 0.5) is 4.39 Å². The van der Waals surface area contributed by atoms with E-state index in [0.717, 1.165) is 9.79 Å². The molecule has 2 nitrogen and oxygen atoms in total. The van der Waals surface area contributed by atoms with Gasteiger partial charge in [0.1, 0.15) is 5.82 Å². The van der Waals surface area contributed by atoms with E-state index in [-0.39, 0.29) is 5.82 Å². The van der Waals surface area contributed by atoms with E-state index < -0.39 is 6.10 Å². The molecular weight excluding hydrogens is 249 g/mol. The van der Waals surface area contributed by atoms with Crippen LogP contribution in [0.1, 0.15) is 24.2 Å².